The Kier molecular flexibility index (Phi) is 4.28. The van der Waals surface area contributed by atoms with Crippen molar-refractivity contribution in [3.05, 3.63) is 0 Å². The average Bonchev–Trinajstić information content (AvgIpc) is 2.17. The van der Waals surface area contributed by atoms with Gasteiger partial charge in [0.05, 0.1) is 12.2 Å². The van der Waals surface area contributed by atoms with E-state index in [-0.39, 0.29) is 6.61 Å². The van der Waals surface area contributed by atoms with E-state index in [1.54, 1.807) is 0 Å². The van der Waals surface area contributed by atoms with E-state index in [0.717, 1.165) is 0 Å². The third kappa shape index (κ3) is 3.38. The van der Waals surface area contributed by atoms with Crippen LogP contribution in [0.25, 0.3) is 0 Å². The fourth-order valence-electron chi connectivity index (χ4n) is 1.40. The maximum absolute atomic E-state index is 9.60. The Bertz CT molecular complexity index is 226. The Morgan fingerprint density at radius 1 is 1.00 bits per heavy atom. The summed E-state index contributed by atoms with van der Waals surface area (Å²) in [5, 5.41) is 37.5. The van der Waals surface area contributed by atoms with Gasteiger partial charge in [-0.1, -0.05) is 0 Å². The van der Waals surface area contributed by atoms with Crippen LogP contribution >= 0.6 is 0 Å². The normalized spacial score (nSPS) is 41.1. The first kappa shape index (κ1) is 13.8. The lowest BCUT2D eigenvalue weighted by Gasteiger charge is -2.39. The van der Waals surface area contributed by atoms with Crippen molar-refractivity contribution in [2.45, 2.75) is 57.1 Å². The zero-order valence-corrected chi connectivity index (χ0v) is 9.70. The SMILES string of the molecule is CC(C)(C)OCC1O[C@@H](O)C(O)[C@@H](O)[C@@H]1O. The Balaban J connectivity index is 2.54. The predicted octanol–water partition coefficient (Wildman–Crippen LogP) is -1.40. The highest BCUT2D eigenvalue weighted by Crippen LogP contribution is 2.21. The number of rotatable bonds is 2. The van der Waals surface area contributed by atoms with Crippen LogP contribution in [-0.2, 0) is 9.47 Å². The molecule has 5 atom stereocenters. The third-order valence-electron chi connectivity index (χ3n) is 2.37. The van der Waals surface area contributed by atoms with Gasteiger partial charge in [-0.15, -0.1) is 0 Å². The smallest absolute Gasteiger partial charge is 0.184 e. The van der Waals surface area contributed by atoms with Gasteiger partial charge in [0, 0.05) is 0 Å². The second kappa shape index (κ2) is 4.95. The molecule has 0 aromatic carbocycles. The third-order valence-corrected chi connectivity index (χ3v) is 2.37. The van der Waals surface area contributed by atoms with Crippen LogP contribution in [0, 0.1) is 0 Å². The van der Waals surface area contributed by atoms with E-state index < -0.39 is 36.3 Å². The molecule has 0 bridgehead atoms. The molecule has 2 unspecified atom stereocenters. The van der Waals surface area contributed by atoms with E-state index in [1.807, 2.05) is 20.8 Å². The Morgan fingerprint density at radius 2 is 1.56 bits per heavy atom. The van der Waals surface area contributed by atoms with Gasteiger partial charge in [-0.3, -0.25) is 0 Å². The van der Waals surface area contributed by atoms with Crippen LogP contribution in [0.1, 0.15) is 20.8 Å². The quantitative estimate of drug-likeness (QED) is 0.471. The van der Waals surface area contributed by atoms with E-state index >= 15 is 0 Å². The summed E-state index contributed by atoms with van der Waals surface area (Å²) in [5.41, 5.74) is -0.408. The molecule has 1 aliphatic rings. The minimum atomic E-state index is -1.51. The van der Waals surface area contributed by atoms with E-state index in [1.165, 1.54) is 0 Å². The maximum atomic E-state index is 9.60. The Hall–Kier alpha value is -0.240. The van der Waals surface area contributed by atoms with E-state index in [9.17, 15) is 20.4 Å². The van der Waals surface area contributed by atoms with Gasteiger partial charge in [0.1, 0.15) is 24.4 Å². The molecule has 16 heavy (non-hydrogen) atoms. The van der Waals surface area contributed by atoms with Gasteiger partial charge in [-0.2, -0.15) is 0 Å². The first-order valence-corrected chi connectivity index (χ1v) is 5.24. The number of aliphatic hydroxyl groups excluding tert-OH is 4. The van der Waals surface area contributed by atoms with Crippen LogP contribution in [0.3, 0.4) is 0 Å². The zero-order chi connectivity index (χ0) is 12.5. The molecule has 0 saturated carbocycles. The molecule has 0 aromatic rings. The molecule has 1 saturated heterocycles. The van der Waals surface area contributed by atoms with Crippen molar-refractivity contribution < 1.29 is 29.9 Å². The van der Waals surface area contributed by atoms with E-state index in [4.69, 9.17) is 9.47 Å². The van der Waals surface area contributed by atoms with Gasteiger partial charge in [-0.05, 0) is 20.8 Å². The van der Waals surface area contributed by atoms with Gasteiger partial charge in [0.2, 0.25) is 0 Å². The molecule has 0 aliphatic carbocycles. The van der Waals surface area contributed by atoms with Crippen molar-refractivity contribution >= 4 is 0 Å². The second-order valence-electron chi connectivity index (χ2n) is 4.96. The maximum Gasteiger partial charge on any atom is 0.184 e. The van der Waals surface area contributed by atoms with E-state index in [0.29, 0.717) is 0 Å². The van der Waals surface area contributed by atoms with Crippen molar-refractivity contribution in [2.75, 3.05) is 6.61 Å². The summed E-state index contributed by atoms with van der Waals surface area (Å²) in [5.74, 6) is 0. The minimum absolute atomic E-state index is 0.0332. The molecule has 1 rings (SSSR count). The summed E-state index contributed by atoms with van der Waals surface area (Å²) in [6.45, 7) is 5.54. The number of hydrogen-bond donors (Lipinski definition) is 4. The summed E-state index contributed by atoms with van der Waals surface area (Å²) in [4.78, 5) is 0. The highest BCUT2D eigenvalue weighted by atomic mass is 16.6. The summed E-state index contributed by atoms with van der Waals surface area (Å²) >= 11 is 0. The molecule has 0 aromatic heterocycles. The van der Waals surface area contributed by atoms with Crippen molar-refractivity contribution in [3.63, 3.8) is 0 Å². The second-order valence-corrected chi connectivity index (χ2v) is 4.96. The van der Waals surface area contributed by atoms with Crippen molar-refractivity contribution in [2.24, 2.45) is 0 Å². The molecule has 1 aliphatic heterocycles. The summed E-state index contributed by atoms with van der Waals surface area (Å²) in [6.07, 6.45) is -6.57. The van der Waals surface area contributed by atoms with Crippen LogP contribution in [-0.4, -0.2) is 63.3 Å². The number of hydrogen-bond acceptors (Lipinski definition) is 6. The topological polar surface area (TPSA) is 99.4 Å². The van der Waals surface area contributed by atoms with Crippen molar-refractivity contribution in [1.29, 1.82) is 0 Å². The first-order valence-electron chi connectivity index (χ1n) is 5.24. The zero-order valence-electron chi connectivity index (χ0n) is 9.70. The molecule has 1 heterocycles. The summed E-state index contributed by atoms with van der Waals surface area (Å²) < 4.78 is 10.3. The number of ether oxygens (including phenoxy) is 2. The molecule has 96 valence electrons. The monoisotopic (exact) mass is 236 g/mol. The Labute approximate surface area is 94.4 Å². The average molecular weight is 236 g/mol. The molecule has 6 heteroatoms. The number of aliphatic hydroxyl groups is 4. The van der Waals surface area contributed by atoms with Crippen molar-refractivity contribution in [1.82, 2.24) is 0 Å². The van der Waals surface area contributed by atoms with Crippen molar-refractivity contribution in [3.8, 4) is 0 Å². The van der Waals surface area contributed by atoms with Gasteiger partial charge >= 0.3 is 0 Å². The summed E-state index contributed by atoms with van der Waals surface area (Å²) in [6, 6.07) is 0. The highest BCUT2D eigenvalue weighted by Gasteiger charge is 2.43. The largest absolute Gasteiger partial charge is 0.387 e. The van der Waals surface area contributed by atoms with Gasteiger partial charge in [0.25, 0.3) is 0 Å². The molecule has 0 radical (unpaired) electrons. The van der Waals surface area contributed by atoms with Crippen LogP contribution in [0.15, 0.2) is 0 Å². The van der Waals surface area contributed by atoms with Crippen LogP contribution < -0.4 is 0 Å². The summed E-state index contributed by atoms with van der Waals surface area (Å²) in [7, 11) is 0. The van der Waals surface area contributed by atoms with Gasteiger partial charge in [-0.25, -0.2) is 0 Å². The standard InChI is InChI=1S/C10H20O6/c1-10(2,3)15-4-5-6(11)7(12)8(13)9(14)16-5/h5-9,11-14H,4H2,1-3H3/t5?,6-,7+,8?,9-/m1/s1. The molecular weight excluding hydrogens is 216 g/mol. The van der Waals surface area contributed by atoms with Crippen LogP contribution in [0.4, 0.5) is 0 Å². The first-order chi connectivity index (χ1) is 7.22. The van der Waals surface area contributed by atoms with Crippen LogP contribution in [0.2, 0.25) is 0 Å². The molecule has 4 N–H and O–H groups in total. The van der Waals surface area contributed by atoms with Crippen LogP contribution in [0.5, 0.6) is 0 Å². The lowest BCUT2D eigenvalue weighted by atomic mass is 9.99. The molecule has 0 amide bonds. The fraction of sp³-hybridized carbons (Fsp3) is 1.00. The van der Waals surface area contributed by atoms with Gasteiger partial charge in [0.15, 0.2) is 6.29 Å². The lowest BCUT2D eigenvalue weighted by Crippen LogP contribution is -2.58. The molecule has 6 nitrogen and oxygen atoms in total. The molecular formula is C10H20O6. The fourth-order valence-corrected chi connectivity index (χ4v) is 1.40. The highest BCUT2D eigenvalue weighted by molar-refractivity contribution is 4.88. The molecule has 1 fully saturated rings. The van der Waals surface area contributed by atoms with E-state index in [2.05, 4.69) is 0 Å². The molecule has 0 spiro atoms. The minimum Gasteiger partial charge on any atom is -0.387 e. The lowest BCUT2D eigenvalue weighted by molar-refractivity contribution is -0.292. The Morgan fingerprint density at radius 3 is 2.06 bits per heavy atom. The van der Waals surface area contributed by atoms with Gasteiger partial charge < -0.3 is 29.9 Å². The predicted molar refractivity (Wildman–Crippen MR) is 54.6 cm³/mol.